The molecular formula is C26H40O2Si4. The summed E-state index contributed by atoms with van der Waals surface area (Å²) in [6.07, 6.45) is 4.40. The first-order valence-electron chi connectivity index (χ1n) is 11.4. The fourth-order valence-electron chi connectivity index (χ4n) is 3.12. The van der Waals surface area contributed by atoms with Crippen molar-refractivity contribution in [1.29, 1.82) is 0 Å². The van der Waals surface area contributed by atoms with E-state index in [4.69, 9.17) is 8.23 Å². The van der Waals surface area contributed by atoms with Crippen molar-refractivity contribution in [2.75, 3.05) is 0 Å². The lowest BCUT2D eigenvalue weighted by Crippen LogP contribution is -2.62. The van der Waals surface area contributed by atoms with Gasteiger partial charge in [0.25, 0.3) is 0 Å². The summed E-state index contributed by atoms with van der Waals surface area (Å²) in [4.78, 5) is 0. The van der Waals surface area contributed by atoms with Crippen LogP contribution in [-0.2, 0) is 8.23 Å². The average molecular weight is 497 g/mol. The summed E-state index contributed by atoms with van der Waals surface area (Å²) < 4.78 is 13.3. The zero-order valence-corrected chi connectivity index (χ0v) is 25.6. The molecule has 32 heavy (non-hydrogen) atoms. The maximum atomic E-state index is 6.69. The summed E-state index contributed by atoms with van der Waals surface area (Å²) in [5.74, 6) is 0. The first-order chi connectivity index (χ1) is 14.6. The van der Waals surface area contributed by atoms with Gasteiger partial charge < -0.3 is 8.23 Å². The van der Waals surface area contributed by atoms with E-state index in [0.29, 0.717) is 19.5 Å². The van der Waals surface area contributed by atoms with Gasteiger partial charge in [-0.05, 0) is 57.8 Å². The fraction of sp³-hybridized carbons (Fsp3) is 0.462. The van der Waals surface area contributed by atoms with E-state index in [1.807, 2.05) is 0 Å². The molecular weight excluding hydrogens is 457 g/mol. The molecule has 0 fully saturated rings. The van der Waals surface area contributed by atoms with E-state index in [0.717, 1.165) is 0 Å². The fourth-order valence-corrected chi connectivity index (χ4v) is 12.7. The highest BCUT2D eigenvalue weighted by atomic mass is 28.4. The van der Waals surface area contributed by atoms with Crippen molar-refractivity contribution >= 4 is 58.7 Å². The van der Waals surface area contributed by atoms with Crippen LogP contribution in [0.25, 0.3) is 12.2 Å². The molecule has 0 spiro atoms. The van der Waals surface area contributed by atoms with Crippen molar-refractivity contribution in [3.63, 3.8) is 0 Å². The second-order valence-corrected chi connectivity index (χ2v) is 23.6. The number of rotatable bonds is 8. The Bertz CT molecular complexity index is 908. The molecule has 2 rings (SSSR count). The summed E-state index contributed by atoms with van der Waals surface area (Å²) in [7, 11) is -3.23. The van der Waals surface area contributed by atoms with E-state index in [-0.39, 0.29) is 10.1 Å². The summed E-state index contributed by atoms with van der Waals surface area (Å²) >= 11 is 0. The standard InChI is InChI=1S/C26H40O2Si4/c1-25(2,3)29-27-31(7,8)23-19-18-22(17-16-21-14-12-11-13-15-21)20-24(23)32(9,10)28-30-26(4,5)6/h11-20H,1-10H3. The van der Waals surface area contributed by atoms with Gasteiger partial charge in [0.1, 0.15) is 0 Å². The monoisotopic (exact) mass is 496 g/mol. The van der Waals surface area contributed by atoms with Gasteiger partial charge >= 0.3 is 0 Å². The molecule has 0 aromatic heterocycles. The topological polar surface area (TPSA) is 18.5 Å². The molecule has 0 aliphatic carbocycles. The van der Waals surface area contributed by atoms with Crippen LogP contribution in [0, 0.1) is 0 Å². The minimum absolute atomic E-state index is 0.173. The van der Waals surface area contributed by atoms with Crippen LogP contribution in [0.2, 0.25) is 36.3 Å². The molecule has 0 saturated carbocycles. The molecule has 2 aromatic carbocycles. The van der Waals surface area contributed by atoms with Crippen molar-refractivity contribution in [3.05, 3.63) is 59.7 Å². The van der Waals surface area contributed by atoms with E-state index < -0.39 is 16.6 Å². The minimum atomic E-state index is -2.12. The SMILES string of the molecule is CC(C)(C)[Si]O[Si](C)(C)c1ccc(C=Cc2ccccc2)cc1[Si](C)(C)O[Si]C(C)(C)C. The molecule has 0 heterocycles. The van der Waals surface area contributed by atoms with Crippen LogP contribution >= 0.6 is 0 Å². The maximum Gasteiger partial charge on any atom is 0.221 e. The van der Waals surface area contributed by atoms with Gasteiger partial charge in [-0.25, -0.2) is 0 Å². The van der Waals surface area contributed by atoms with Gasteiger partial charge in [-0.3, -0.25) is 0 Å². The Morgan fingerprint density at radius 1 is 0.625 bits per heavy atom. The van der Waals surface area contributed by atoms with Crippen molar-refractivity contribution in [1.82, 2.24) is 0 Å². The summed E-state index contributed by atoms with van der Waals surface area (Å²) in [5, 5.41) is 3.13. The molecule has 0 aliphatic rings. The van der Waals surface area contributed by atoms with Crippen molar-refractivity contribution < 1.29 is 8.23 Å². The van der Waals surface area contributed by atoms with E-state index in [9.17, 15) is 0 Å². The Kier molecular flexibility index (Phi) is 8.92. The first kappa shape index (κ1) is 27.2. The molecule has 0 N–H and O–H groups in total. The molecule has 172 valence electrons. The third-order valence-electron chi connectivity index (χ3n) is 4.83. The second kappa shape index (κ2) is 10.5. The van der Waals surface area contributed by atoms with Gasteiger partial charge in [-0.2, -0.15) is 0 Å². The average Bonchev–Trinajstić information content (AvgIpc) is 2.69. The van der Waals surface area contributed by atoms with Crippen LogP contribution in [0.1, 0.15) is 52.7 Å². The zero-order valence-electron chi connectivity index (χ0n) is 21.6. The lowest BCUT2D eigenvalue weighted by molar-refractivity contribution is 0.547. The Morgan fingerprint density at radius 3 is 1.59 bits per heavy atom. The van der Waals surface area contributed by atoms with Crippen LogP contribution in [0.15, 0.2) is 48.5 Å². The Labute approximate surface area is 204 Å². The Morgan fingerprint density at radius 2 is 1.09 bits per heavy atom. The molecule has 0 saturated heterocycles. The van der Waals surface area contributed by atoms with E-state index in [2.05, 4.69) is 128 Å². The molecule has 0 atom stereocenters. The summed E-state index contributed by atoms with van der Waals surface area (Å²) in [6.45, 7) is 22.9. The molecule has 2 nitrogen and oxygen atoms in total. The van der Waals surface area contributed by atoms with Crippen LogP contribution < -0.4 is 10.4 Å². The van der Waals surface area contributed by atoms with Crippen molar-refractivity contribution in [2.24, 2.45) is 0 Å². The highest BCUT2D eigenvalue weighted by molar-refractivity contribution is 6.96. The molecule has 0 amide bonds. The maximum absolute atomic E-state index is 6.69. The summed E-state index contributed by atoms with van der Waals surface area (Å²) in [6, 6.07) is 17.4. The van der Waals surface area contributed by atoms with Crippen LogP contribution in [0.5, 0.6) is 0 Å². The van der Waals surface area contributed by atoms with Crippen LogP contribution in [0.3, 0.4) is 0 Å². The molecule has 0 bridgehead atoms. The second-order valence-electron chi connectivity index (χ2n) is 11.5. The van der Waals surface area contributed by atoms with Gasteiger partial charge in [-0.15, -0.1) is 0 Å². The number of hydrogen-bond donors (Lipinski definition) is 0. The molecule has 2 aromatic rings. The number of benzene rings is 2. The molecule has 0 aliphatic heterocycles. The first-order valence-corrected chi connectivity index (χ1v) is 19.0. The van der Waals surface area contributed by atoms with Gasteiger partial charge in [-0.1, -0.05) is 102 Å². The third kappa shape index (κ3) is 8.72. The van der Waals surface area contributed by atoms with Gasteiger partial charge in [0.05, 0.1) is 0 Å². The largest absolute Gasteiger partial charge is 0.452 e. The van der Waals surface area contributed by atoms with Gasteiger partial charge in [0.15, 0.2) is 0 Å². The lowest BCUT2D eigenvalue weighted by Gasteiger charge is -2.35. The minimum Gasteiger partial charge on any atom is -0.452 e. The summed E-state index contributed by atoms with van der Waals surface area (Å²) in [5.41, 5.74) is 2.43. The Balaban J connectivity index is 2.46. The quantitative estimate of drug-likeness (QED) is 0.311. The Hall–Kier alpha value is -1.03. The van der Waals surface area contributed by atoms with E-state index in [1.54, 1.807) is 0 Å². The van der Waals surface area contributed by atoms with E-state index >= 15 is 0 Å². The van der Waals surface area contributed by atoms with Gasteiger partial charge in [0, 0.05) is 0 Å². The molecule has 0 unspecified atom stereocenters. The molecule has 4 radical (unpaired) electrons. The van der Waals surface area contributed by atoms with E-state index in [1.165, 1.54) is 21.5 Å². The van der Waals surface area contributed by atoms with Gasteiger partial charge in [0.2, 0.25) is 36.2 Å². The molecule has 6 heteroatoms. The van der Waals surface area contributed by atoms with Crippen molar-refractivity contribution in [3.8, 4) is 0 Å². The normalized spacial score (nSPS) is 13.7. The highest BCUT2D eigenvalue weighted by Gasteiger charge is 2.37. The van der Waals surface area contributed by atoms with Crippen LogP contribution in [0.4, 0.5) is 0 Å². The van der Waals surface area contributed by atoms with Crippen molar-refractivity contribution in [2.45, 2.75) is 77.8 Å². The lowest BCUT2D eigenvalue weighted by atomic mass is 10.1. The smallest absolute Gasteiger partial charge is 0.221 e. The van der Waals surface area contributed by atoms with Crippen LogP contribution in [-0.4, -0.2) is 36.2 Å². The predicted octanol–water partition coefficient (Wildman–Crippen LogP) is 6.39. The highest BCUT2D eigenvalue weighted by Crippen LogP contribution is 2.24. The predicted molar refractivity (Wildman–Crippen MR) is 149 cm³/mol. The number of hydrogen-bond acceptors (Lipinski definition) is 2. The third-order valence-corrected chi connectivity index (χ3v) is 14.7. The zero-order chi connectivity index (χ0) is 24.2.